The van der Waals surface area contributed by atoms with Crippen molar-refractivity contribution in [1.29, 1.82) is 0 Å². The zero-order valence-corrected chi connectivity index (χ0v) is 15.0. The van der Waals surface area contributed by atoms with Crippen molar-refractivity contribution >= 4 is 5.91 Å². The molecule has 1 fully saturated rings. The molecule has 1 amide bonds. The van der Waals surface area contributed by atoms with E-state index >= 15 is 0 Å². The number of piperidine rings is 1. The summed E-state index contributed by atoms with van der Waals surface area (Å²) in [6.07, 6.45) is 8.49. The van der Waals surface area contributed by atoms with Gasteiger partial charge in [0, 0.05) is 51.7 Å². The molecule has 3 rings (SSSR count). The number of aromatic nitrogens is 4. The number of hydrogen-bond acceptors (Lipinski definition) is 4. The van der Waals surface area contributed by atoms with E-state index in [-0.39, 0.29) is 5.91 Å². The van der Waals surface area contributed by atoms with Gasteiger partial charge in [-0.2, -0.15) is 0 Å². The first kappa shape index (κ1) is 17.7. The maximum absolute atomic E-state index is 12.4. The molecular weight excluding hydrogens is 318 g/mol. The van der Waals surface area contributed by atoms with Crippen molar-refractivity contribution < 1.29 is 9.90 Å². The number of likely N-dealkylation sites (tertiary alicyclic amines) is 1. The lowest BCUT2D eigenvalue weighted by molar-refractivity contribution is -0.131. The summed E-state index contributed by atoms with van der Waals surface area (Å²) in [4.78, 5) is 14.4. The van der Waals surface area contributed by atoms with E-state index in [1.54, 1.807) is 6.92 Å². The van der Waals surface area contributed by atoms with Gasteiger partial charge in [-0.05, 0) is 37.3 Å². The molecule has 1 N–H and O–H groups in total. The third kappa shape index (κ3) is 4.92. The Balaban J connectivity index is 1.45. The van der Waals surface area contributed by atoms with Gasteiger partial charge < -0.3 is 14.6 Å². The molecule has 1 unspecified atom stereocenters. The van der Waals surface area contributed by atoms with Gasteiger partial charge in [-0.25, -0.2) is 0 Å². The number of nitrogens with zero attached hydrogens (tertiary/aromatic N) is 5. The van der Waals surface area contributed by atoms with Gasteiger partial charge >= 0.3 is 0 Å². The van der Waals surface area contributed by atoms with Crippen LogP contribution in [0, 0.1) is 5.92 Å². The second-order valence-corrected chi connectivity index (χ2v) is 7.17. The summed E-state index contributed by atoms with van der Waals surface area (Å²) in [6, 6.07) is 2.00. The average molecular weight is 345 g/mol. The standard InChI is InChI=1S/C18H27N5O2/c1-14(24)9-17-13-23(20-19-17)12-15-4-7-22(8-5-15)18(25)10-16-3-6-21(2)11-16/h3,6,11,13-15,24H,4-5,7-10,12H2,1-2H3. The molecule has 0 radical (unpaired) electrons. The highest BCUT2D eigenvalue weighted by Crippen LogP contribution is 2.20. The molecule has 2 aromatic rings. The minimum atomic E-state index is -0.399. The van der Waals surface area contributed by atoms with Gasteiger partial charge in [-0.1, -0.05) is 5.21 Å². The lowest BCUT2D eigenvalue weighted by Crippen LogP contribution is -2.40. The van der Waals surface area contributed by atoms with Crippen molar-refractivity contribution in [2.45, 2.75) is 45.3 Å². The first-order valence-electron chi connectivity index (χ1n) is 8.95. The fourth-order valence-corrected chi connectivity index (χ4v) is 3.41. The minimum absolute atomic E-state index is 0.213. The molecule has 0 bridgehead atoms. The average Bonchev–Trinajstić information content (AvgIpc) is 3.16. The number of aliphatic hydroxyl groups is 1. The molecule has 2 aromatic heterocycles. The van der Waals surface area contributed by atoms with E-state index in [1.165, 1.54) is 0 Å². The van der Waals surface area contributed by atoms with Crippen LogP contribution >= 0.6 is 0 Å². The Morgan fingerprint density at radius 3 is 2.76 bits per heavy atom. The number of aliphatic hydroxyl groups excluding tert-OH is 1. The quantitative estimate of drug-likeness (QED) is 0.848. The first-order chi connectivity index (χ1) is 12.0. The highest BCUT2D eigenvalue weighted by atomic mass is 16.3. The number of carbonyl (C=O) groups excluding carboxylic acids is 1. The van der Waals surface area contributed by atoms with Gasteiger partial charge in [0.2, 0.25) is 5.91 Å². The van der Waals surface area contributed by atoms with E-state index in [0.29, 0.717) is 18.8 Å². The van der Waals surface area contributed by atoms with Gasteiger partial charge in [0.05, 0.1) is 18.2 Å². The molecule has 3 heterocycles. The fraction of sp³-hybridized carbons (Fsp3) is 0.611. The molecule has 136 valence electrons. The van der Waals surface area contributed by atoms with Crippen molar-refractivity contribution in [2.75, 3.05) is 13.1 Å². The van der Waals surface area contributed by atoms with Crippen LogP contribution < -0.4 is 0 Å². The topological polar surface area (TPSA) is 76.2 Å². The summed E-state index contributed by atoms with van der Waals surface area (Å²) in [5, 5.41) is 17.7. The monoisotopic (exact) mass is 345 g/mol. The predicted octanol–water partition coefficient (Wildman–Crippen LogP) is 1.02. The SMILES string of the molecule is CC(O)Cc1cn(CC2CCN(C(=O)Cc3ccn(C)c3)CC2)nn1. The molecule has 1 saturated heterocycles. The molecule has 1 atom stereocenters. The minimum Gasteiger partial charge on any atom is -0.393 e. The smallest absolute Gasteiger partial charge is 0.227 e. The summed E-state index contributed by atoms with van der Waals surface area (Å²) < 4.78 is 3.84. The van der Waals surface area contributed by atoms with Crippen molar-refractivity contribution in [3.63, 3.8) is 0 Å². The number of hydrogen-bond donors (Lipinski definition) is 1. The summed E-state index contributed by atoms with van der Waals surface area (Å²) in [6.45, 7) is 4.20. The molecule has 0 spiro atoms. The van der Waals surface area contributed by atoms with Gasteiger partial charge in [0.25, 0.3) is 0 Å². The van der Waals surface area contributed by atoms with Crippen LogP contribution in [0.15, 0.2) is 24.7 Å². The molecule has 7 nitrogen and oxygen atoms in total. The lowest BCUT2D eigenvalue weighted by atomic mass is 9.96. The molecule has 1 aliphatic heterocycles. The van der Waals surface area contributed by atoms with Crippen LogP contribution in [-0.2, 0) is 31.2 Å². The molecular formula is C18H27N5O2. The van der Waals surface area contributed by atoms with Crippen LogP contribution in [0.25, 0.3) is 0 Å². The van der Waals surface area contributed by atoms with Crippen molar-refractivity contribution in [3.8, 4) is 0 Å². The maximum atomic E-state index is 12.4. The molecule has 7 heteroatoms. The largest absolute Gasteiger partial charge is 0.393 e. The van der Waals surface area contributed by atoms with E-state index in [1.807, 2.05) is 45.9 Å². The van der Waals surface area contributed by atoms with Crippen LogP contribution in [0.2, 0.25) is 0 Å². The number of carbonyl (C=O) groups is 1. The van der Waals surface area contributed by atoms with Crippen LogP contribution in [0.5, 0.6) is 0 Å². The zero-order chi connectivity index (χ0) is 17.8. The Morgan fingerprint density at radius 1 is 1.36 bits per heavy atom. The second-order valence-electron chi connectivity index (χ2n) is 7.17. The van der Waals surface area contributed by atoms with E-state index in [2.05, 4.69) is 10.3 Å². The van der Waals surface area contributed by atoms with Crippen LogP contribution in [0.3, 0.4) is 0 Å². The third-order valence-electron chi connectivity index (χ3n) is 4.75. The van der Waals surface area contributed by atoms with E-state index in [4.69, 9.17) is 0 Å². The lowest BCUT2D eigenvalue weighted by Gasteiger charge is -2.32. The van der Waals surface area contributed by atoms with Gasteiger partial charge in [0.15, 0.2) is 0 Å². The Bertz CT molecular complexity index is 698. The van der Waals surface area contributed by atoms with E-state index in [9.17, 15) is 9.90 Å². The van der Waals surface area contributed by atoms with E-state index in [0.717, 1.165) is 43.7 Å². The Hall–Kier alpha value is -2.15. The first-order valence-corrected chi connectivity index (χ1v) is 8.95. The van der Waals surface area contributed by atoms with Crippen LogP contribution in [0.4, 0.5) is 0 Å². The van der Waals surface area contributed by atoms with Gasteiger partial charge in [0.1, 0.15) is 0 Å². The Morgan fingerprint density at radius 2 is 2.12 bits per heavy atom. The van der Waals surface area contributed by atoms with E-state index < -0.39 is 6.10 Å². The summed E-state index contributed by atoms with van der Waals surface area (Å²) in [5.74, 6) is 0.728. The molecule has 0 aliphatic carbocycles. The molecule has 1 aliphatic rings. The number of amides is 1. The Labute approximate surface area is 148 Å². The number of aryl methyl sites for hydroxylation is 1. The molecule has 0 aromatic carbocycles. The van der Waals surface area contributed by atoms with Crippen molar-refractivity contribution in [1.82, 2.24) is 24.5 Å². The highest BCUT2D eigenvalue weighted by molar-refractivity contribution is 5.78. The van der Waals surface area contributed by atoms with Crippen molar-refractivity contribution in [3.05, 3.63) is 35.9 Å². The Kier molecular flexibility index (Phi) is 5.53. The normalized spacial score (nSPS) is 17.0. The molecule has 0 saturated carbocycles. The van der Waals surface area contributed by atoms with Gasteiger partial charge in [-0.15, -0.1) is 5.10 Å². The summed E-state index contributed by atoms with van der Waals surface area (Å²) in [5.41, 5.74) is 1.90. The summed E-state index contributed by atoms with van der Waals surface area (Å²) in [7, 11) is 1.97. The zero-order valence-electron chi connectivity index (χ0n) is 15.0. The number of rotatable bonds is 6. The third-order valence-corrected chi connectivity index (χ3v) is 4.75. The van der Waals surface area contributed by atoms with Crippen LogP contribution in [-0.4, -0.2) is 54.7 Å². The van der Waals surface area contributed by atoms with Crippen molar-refractivity contribution in [2.24, 2.45) is 13.0 Å². The fourth-order valence-electron chi connectivity index (χ4n) is 3.41. The van der Waals surface area contributed by atoms with Crippen LogP contribution in [0.1, 0.15) is 31.0 Å². The summed E-state index contributed by atoms with van der Waals surface area (Å²) >= 11 is 0. The predicted molar refractivity (Wildman–Crippen MR) is 93.8 cm³/mol. The highest BCUT2D eigenvalue weighted by Gasteiger charge is 2.23. The van der Waals surface area contributed by atoms with Gasteiger partial charge in [-0.3, -0.25) is 9.48 Å². The maximum Gasteiger partial charge on any atom is 0.227 e. The second kappa shape index (κ2) is 7.82. The molecule has 25 heavy (non-hydrogen) atoms.